The van der Waals surface area contributed by atoms with Crippen LogP contribution in [0.4, 0.5) is 32.0 Å². The minimum absolute atomic E-state index is 0.00319. The van der Waals surface area contributed by atoms with Gasteiger partial charge in [0, 0.05) is 17.6 Å². The van der Waals surface area contributed by atoms with Crippen LogP contribution >= 0.6 is 0 Å². The number of nitrogens with zero attached hydrogens (tertiary/aromatic N) is 1. The maximum absolute atomic E-state index is 13.2. The third-order valence-corrected chi connectivity index (χ3v) is 5.68. The van der Waals surface area contributed by atoms with Gasteiger partial charge in [-0.05, 0) is 63.4 Å². The second kappa shape index (κ2) is 9.07. The Bertz CT molecular complexity index is 1010. The van der Waals surface area contributed by atoms with E-state index in [1.807, 2.05) is 13.8 Å². The summed E-state index contributed by atoms with van der Waals surface area (Å²) in [6.45, 7) is 3.80. The molecule has 1 N–H and O–H groups in total. The van der Waals surface area contributed by atoms with E-state index in [2.05, 4.69) is 5.32 Å². The lowest BCUT2D eigenvalue weighted by molar-refractivity contribution is -0.143. The second-order valence-electron chi connectivity index (χ2n) is 8.14. The average Bonchev–Trinajstić information content (AvgIpc) is 2.72. The van der Waals surface area contributed by atoms with Gasteiger partial charge in [0.05, 0.1) is 22.4 Å². The van der Waals surface area contributed by atoms with Crippen LogP contribution in [0.2, 0.25) is 0 Å². The Hall–Kier alpha value is -3.04. The van der Waals surface area contributed by atoms with E-state index < -0.39 is 35.0 Å². The highest BCUT2D eigenvalue weighted by atomic mass is 19.4. The first-order valence-electron chi connectivity index (χ1n) is 10.3. The van der Waals surface area contributed by atoms with E-state index in [-0.39, 0.29) is 35.3 Å². The summed E-state index contributed by atoms with van der Waals surface area (Å²) in [5, 5.41) is 2.31. The molecule has 2 amide bonds. The van der Waals surface area contributed by atoms with Crippen molar-refractivity contribution in [1.29, 1.82) is 0 Å². The Morgan fingerprint density at radius 1 is 0.879 bits per heavy atom. The summed E-state index contributed by atoms with van der Waals surface area (Å²) in [5.74, 6) is -1.56. The molecule has 33 heavy (non-hydrogen) atoms. The fourth-order valence-electron chi connectivity index (χ4n) is 4.02. The smallest absolute Gasteiger partial charge is 0.333 e. The van der Waals surface area contributed by atoms with Crippen molar-refractivity contribution < 1.29 is 35.9 Å². The highest BCUT2D eigenvalue weighted by Gasteiger charge is 2.38. The van der Waals surface area contributed by atoms with Crippen LogP contribution in [0.25, 0.3) is 0 Å². The topological polar surface area (TPSA) is 49.4 Å². The SMILES string of the molecule is C[C@H]1CCC[C@H](C)N1C(=O)c1ccccc1NC(=O)c1cc(C(F)(F)F)cc(C(F)(F)F)c1. The zero-order valence-electron chi connectivity index (χ0n) is 17.8. The lowest BCUT2D eigenvalue weighted by atomic mass is 9.96. The summed E-state index contributed by atoms with van der Waals surface area (Å²) >= 11 is 0. The number of hydrogen-bond donors (Lipinski definition) is 1. The summed E-state index contributed by atoms with van der Waals surface area (Å²) in [4.78, 5) is 27.6. The largest absolute Gasteiger partial charge is 0.416 e. The minimum Gasteiger partial charge on any atom is -0.333 e. The van der Waals surface area contributed by atoms with Gasteiger partial charge in [-0.25, -0.2) is 0 Å². The molecule has 0 radical (unpaired) electrons. The van der Waals surface area contributed by atoms with Crippen molar-refractivity contribution in [1.82, 2.24) is 4.90 Å². The van der Waals surface area contributed by atoms with Gasteiger partial charge in [-0.15, -0.1) is 0 Å². The standard InChI is InChI=1S/C23H22F6N2O2/c1-13-6-5-7-14(2)31(13)21(33)18-8-3-4-9-19(18)30-20(32)15-10-16(22(24,25)26)12-17(11-15)23(27,28)29/h3-4,8-14H,5-7H2,1-2H3,(H,30,32)/t13-,14-/m0/s1. The molecule has 178 valence electrons. The van der Waals surface area contributed by atoms with Crippen molar-refractivity contribution in [3.8, 4) is 0 Å². The molecule has 1 aliphatic heterocycles. The maximum atomic E-state index is 13.2. The number of nitrogens with one attached hydrogen (secondary N) is 1. The van der Waals surface area contributed by atoms with Gasteiger partial charge in [0.25, 0.3) is 11.8 Å². The lowest BCUT2D eigenvalue weighted by Crippen LogP contribution is -2.47. The number of carbonyl (C=O) groups is 2. The van der Waals surface area contributed by atoms with Crippen LogP contribution in [0.3, 0.4) is 0 Å². The van der Waals surface area contributed by atoms with Crippen LogP contribution in [0.1, 0.15) is 65.0 Å². The molecule has 0 aromatic heterocycles. The minimum atomic E-state index is -5.08. The number of likely N-dealkylation sites (tertiary alicyclic amines) is 1. The molecule has 1 saturated heterocycles. The third-order valence-electron chi connectivity index (χ3n) is 5.68. The maximum Gasteiger partial charge on any atom is 0.416 e. The van der Waals surface area contributed by atoms with Gasteiger partial charge in [0.15, 0.2) is 0 Å². The number of carbonyl (C=O) groups excluding carboxylic acids is 2. The van der Waals surface area contributed by atoms with Crippen LogP contribution in [0.5, 0.6) is 0 Å². The number of halogens is 6. The van der Waals surface area contributed by atoms with E-state index >= 15 is 0 Å². The van der Waals surface area contributed by atoms with Crippen LogP contribution in [-0.4, -0.2) is 28.8 Å². The average molecular weight is 472 g/mol. The predicted molar refractivity (Wildman–Crippen MR) is 110 cm³/mol. The number of para-hydroxylation sites is 1. The first-order chi connectivity index (χ1) is 15.3. The van der Waals surface area contributed by atoms with Crippen molar-refractivity contribution in [3.05, 3.63) is 64.7 Å². The molecule has 0 saturated carbocycles. The second-order valence-corrected chi connectivity index (χ2v) is 8.14. The zero-order valence-corrected chi connectivity index (χ0v) is 17.8. The van der Waals surface area contributed by atoms with Crippen molar-refractivity contribution in [2.45, 2.75) is 57.5 Å². The summed E-state index contributed by atoms with van der Waals surface area (Å²) in [6, 6.07) is 6.45. The number of anilines is 1. The highest BCUT2D eigenvalue weighted by Crippen LogP contribution is 2.36. The third kappa shape index (κ3) is 5.48. The van der Waals surface area contributed by atoms with Crippen LogP contribution in [0, 0.1) is 0 Å². The lowest BCUT2D eigenvalue weighted by Gasteiger charge is -2.39. The molecule has 0 spiro atoms. The Kier molecular flexibility index (Phi) is 6.76. The molecule has 1 heterocycles. The molecule has 10 heteroatoms. The number of piperidine rings is 1. The number of rotatable bonds is 3. The van der Waals surface area contributed by atoms with E-state index in [4.69, 9.17) is 0 Å². The fraction of sp³-hybridized carbons (Fsp3) is 0.391. The quantitative estimate of drug-likeness (QED) is 0.527. The van der Waals surface area contributed by atoms with Crippen LogP contribution < -0.4 is 5.32 Å². The van der Waals surface area contributed by atoms with Crippen LogP contribution in [0.15, 0.2) is 42.5 Å². The van der Waals surface area contributed by atoms with Gasteiger partial charge in [0.2, 0.25) is 0 Å². The van der Waals surface area contributed by atoms with E-state index in [9.17, 15) is 35.9 Å². The monoisotopic (exact) mass is 472 g/mol. The van der Waals surface area contributed by atoms with Crippen molar-refractivity contribution in [3.63, 3.8) is 0 Å². The molecule has 0 bridgehead atoms. The van der Waals surface area contributed by atoms with Gasteiger partial charge >= 0.3 is 12.4 Å². The van der Waals surface area contributed by atoms with Gasteiger partial charge in [-0.1, -0.05) is 12.1 Å². The molecule has 0 aliphatic carbocycles. The molecule has 4 nitrogen and oxygen atoms in total. The first kappa shape index (κ1) is 24.6. The van der Waals surface area contributed by atoms with Crippen molar-refractivity contribution in [2.24, 2.45) is 0 Å². The number of amides is 2. The molecular weight excluding hydrogens is 450 g/mol. The fourth-order valence-corrected chi connectivity index (χ4v) is 4.02. The molecule has 2 aromatic carbocycles. The summed E-state index contributed by atoms with van der Waals surface area (Å²) < 4.78 is 78.8. The van der Waals surface area contributed by atoms with Crippen molar-refractivity contribution >= 4 is 17.5 Å². The van der Waals surface area contributed by atoms with Gasteiger partial charge in [0.1, 0.15) is 0 Å². The summed E-state index contributed by atoms with van der Waals surface area (Å²) in [7, 11) is 0. The van der Waals surface area contributed by atoms with Gasteiger partial charge in [-0.2, -0.15) is 26.3 Å². The van der Waals surface area contributed by atoms with E-state index in [1.54, 1.807) is 11.0 Å². The first-order valence-corrected chi connectivity index (χ1v) is 10.3. The molecule has 3 rings (SSSR count). The molecule has 0 unspecified atom stereocenters. The molecular formula is C23H22F6N2O2. The summed E-state index contributed by atoms with van der Waals surface area (Å²) in [5.41, 5.74) is -3.90. The number of alkyl halides is 6. The van der Waals surface area contributed by atoms with Crippen LogP contribution in [-0.2, 0) is 12.4 Å². The summed E-state index contributed by atoms with van der Waals surface area (Å²) in [6.07, 6.45) is -7.60. The number of hydrogen-bond acceptors (Lipinski definition) is 2. The van der Waals surface area contributed by atoms with Gasteiger partial charge < -0.3 is 10.2 Å². The Balaban J connectivity index is 1.96. The van der Waals surface area contributed by atoms with E-state index in [1.165, 1.54) is 18.2 Å². The molecule has 1 fully saturated rings. The van der Waals surface area contributed by atoms with Crippen molar-refractivity contribution in [2.75, 3.05) is 5.32 Å². The molecule has 2 aromatic rings. The number of benzene rings is 2. The van der Waals surface area contributed by atoms with E-state index in [0.717, 1.165) is 19.3 Å². The predicted octanol–water partition coefficient (Wildman–Crippen LogP) is 6.38. The Morgan fingerprint density at radius 2 is 1.39 bits per heavy atom. The highest BCUT2D eigenvalue weighted by molar-refractivity contribution is 6.09. The molecule has 2 atom stereocenters. The normalized spacial score (nSPS) is 19.3. The van der Waals surface area contributed by atoms with Gasteiger partial charge in [-0.3, -0.25) is 9.59 Å². The molecule has 1 aliphatic rings. The van der Waals surface area contributed by atoms with E-state index in [0.29, 0.717) is 12.1 Å². The zero-order chi connectivity index (χ0) is 24.6. The Labute approximate surface area is 186 Å². The Morgan fingerprint density at radius 3 is 1.91 bits per heavy atom.